The van der Waals surface area contributed by atoms with Crippen LogP contribution in [0.25, 0.3) is 10.8 Å². The van der Waals surface area contributed by atoms with Crippen LogP contribution in [0.4, 0.5) is 0 Å². The summed E-state index contributed by atoms with van der Waals surface area (Å²) < 4.78 is 0. The van der Waals surface area contributed by atoms with E-state index in [4.69, 9.17) is 5.11 Å². The number of nitrogens with one attached hydrogen (secondary N) is 2. The van der Waals surface area contributed by atoms with Gasteiger partial charge in [0.25, 0.3) is 0 Å². The molecule has 0 aliphatic carbocycles. The molecule has 0 aliphatic rings. The molecule has 0 radical (unpaired) electrons. The lowest BCUT2D eigenvalue weighted by Crippen LogP contribution is -2.49. The van der Waals surface area contributed by atoms with E-state index >= 15 is 0 Å². The smallest absolute Gasteiger partial charge is 0.304 e. The lowest BCUT2D eigenvalue weighted by molar-refractivity contribution is -0.141. The summed E-state index contributed by atoms with van der Waals surface area (Å²) in [6, 6.07) is 13.1. The van der Waals surface area contributed by atoms with Gasteiger partial charge in [0, 0.05) is 19.4 Å². The van der Waals surface area contributed by atoms with E-state index in [-0.39, 0.29) is 18.2 Å². The fourth-order valence-corrected chi connectivity index (χ4v) is 3.34. The van der Waals surface area contributed by atoms with Crippen LogP contribution in [0.2, 0.25) is 0 Å². The number of rotatable bonds is 9. The molecule has 28 heavy (non-hydrogen) atoms. The van der Waals surface area contributed by atoms with Gasteiger partial charge in [0.1, 0.15) is 6.04 Å². The molecule has 0 aromatic heterocycles. The van der Waals surface area contributed by atoms with Crippen molar-refractivity contribution in [1.82, 2.24) is 10.6 Å². The van der Waals surface area contributed by atoms with Gasteiger partial charge in [-0.2, -0.15) is 0 Å². The van der Waals surface area contributed by atoms with Gasteiger partial charge in [-0.05, 0) is 28.7 Å². The van der Waals surface area contributed by atoms with Gasteiger partial charge in [0.2, 0.25) is 11.8 Å². The van der Waals surface area contributed by atoms with Crippen molar-refractivity contribution in [3.05, 3.63) is 48.0 Å². The van der Waals surface area contributed by atoms with E-state index in [2.05, 4.69) is 10.6 Å². The predicted molar refractivity (Wildman–Crippen MR) is 109 cm³/mol. The summed E-state index contributed by atoms with van der Waals surface area (Å²) in [6.07, 6.45) is 0.534. The highest BCUT2D eigenvalue weighted by Crippen LogP contribution is 2.19. The Morgan fingerprint density at radius 2 is 1.68 bits per heavy atom. The second kappa shape index (κ2) is 9.88. The van der Waals surface area contributed by atoms with Gasteiger partial charge in [0.15, 0.2) is 0 Å². The monoisotopic (exact) mass is 384 g/mol. The molecule has 2 rings (SSSR count). The minimum atomic E-state index is -1.02. The summed E-state index contributed by atoms with van der Waals surface area (Å²) in [7, 11) is 1.52. The first-order valence-corrected chi connectivity index (χ1v) is 9.51. The van der Waals surface area contributed by atoms with Crippen LogP contribution in [0.3, 0.4) is 0 Å². The molecule has 0 unspecified atom stereocenters. The number of carboxylic acid groups (broad SMARTS) is 1. The molecule has 0 fully saturated rings. The third-order valence-corrected chi connectivity index (χ3v) is 4.68. The van der Waals surface area contributed by atoms with Crippen molar-refractivity contribution in [2.45, 2.75) is 39.2 Å². The summed E-state index contributed by atoms with van der Waals surface area (Å²) in [5.41, 5.74) is 0.922. The maximum absolute atomic E-state index is 12.7. The molecule has 0 heterocycles. The lowest BCUT2D eigenvalue weighted by atomic mass is 9.92. The number of amides is 2. The highest BCUT2D eigenvalue weighted by atomic mass is 16.4. The van der Waals surface area contributed by atoms with Crippen LogP contribution < -0.4 is 10.6 Å². The Labute approximate surface area is 165 Å². The minimum Gasteiger partial charge on any atom is -0.481 e. The van der Waals surface area contributed by atoms with Crippen LogP contribution in [0.5, 0.6) is 0 Å². The Bertz CT molecular complexity index is 847. The van der Waals surface area contributed by atoms with Gasteiger partial charge in [-0.25, -0.2) is 0 Å². The molecule has 2 amide bonds. The van der Waals surface area contributed by atoms with Gasteiger partial charge in [0.05, 0.1) is 6.42 Å². The molecule has 0 bridgehead atoms. The first-order chi connectivity index (χ1) is 13.3. The van der Waals surface area contributed by atoms with Crippen molar-refractivity contribution in [2.24, 2.45) is 11.8 Å². The van der Waals surface area contributed by atoms with Crippen LogP contribution in [-0.4, -0.2) is 36.0 Å². The average Bonchev–Trinajstić information content (AvgIpc) is 2.65. The number of likely N-dealkylation sites (N-methyl/N-ethyl adjacent to an activating group) is 1. The van der Waals surface area contributed by atoms with Crippen molar-refractivity contribution in [1.29, 1.82) is 0 Å². The first kappa shape index (κ1) is 21.4. The van der Waals surface area contributed by atoms with Crippen LogP contribution in [0, 0.1) is 11.8 Å². The third-order valence-electron chi connectivity index (χ3n) is 4.68. The topological polar surface area (TPSA) is 95.5 Å². The first-order valence-electron chi connectivity index (χ1n) is 9.51. The Morgan fingerprint density at radius 1 is 1.00 bits per heavy atom. The molecule has 0 saturated heterocycles. The number of hydrogen-bond acceptors (Lipinski definition) is 3. The molecule has 0 spiro atoms. The van der Waals surface area contributed by atoms with E-state index < -0.39 is 23.8 Å². The molecule has 150 valence electrons. The highest BCUT2D eigenvalue weighted by molar-refractivity contribution is 5.90. The average molecular weight is 384 g/mol. The van der Waals surface area contributed by atoms with Gasteiger partial charge in [-0.3, -0.25) is 14.4 Å². The van der Waals surface area contributed by atoms with E-state index in [1.54, 1.807) is 0 Å². The second-order valence-electron chi connectivity index (χ2n) is 7.49. The quantitative estimate of drug-likeness (QED) is 0.619. The number of hydrogen-bond donors (Lipinski definition) is 3. The number of carboxylic acids is 1. The van der Waals surface area contributed by atoms with Gasteiger partial charge in [-0.15, -0.1) is 0 Å². The Hall–Kier alpha value is -2.89. The molecular formula is C22H28N2O4. The van der Waals surface area contributed by atoms with Crippen LogP contribution in [-0.2, 0) is 20.8 Å². The fraction of sp³-hybridized carbons (Fsp3) is 0.409. The van der Waals surface area contributed by atoms with E-state index in [9.17, 15) is 14.4 Å². The number of fused-ring (bicyclic) bond motifs is 1. The molecular weight excluding hydrogens is 356 g/mol. The summed E-state index contributed by atoms with van der Waals surface area (Å²) in [5.74, 6) is -2.22. The van der Waals surface area contributed by atoms with Gasteiger partial charge < -0.3 is 15.7 Å². The highest BCUT2D eigenvalue weighted by Gasteiger charge is 2.27. The van der Waals surface area contributed by atoms with Gasteiger partial charge in [-0.1, -0.05) is 56.3 Å². The zero-order valence-corrected chi connectivity index (χ0v) is 16.6. The predicted octanol–water partition coefficient (Wildman–Crippen LogP) is 2.75. The van der Waals surface area contributed by atoms with E-state index in [0.717, 1.165) is 16.3 Å². The molecule has 2 aromatic rings. The van der Waals surface area contributed by atoms with E-state index in [1.807, 2.05) is 56.3 Å². The fourth-order valence-electron chi connectivity index (χ4n) is 3.34. The Morgan fingerprint density at radius 3 is 2.29 bits per heavy atom. The normalized spacial score (nSPS) is 13.1. The summed E-state index contributed by atoms with van der Waals surface area (Å²) in [6.45, 7) is 3.88. The third kappa shape index (κ3) is 6.08. The number of carbonyl (C=O) groups excluding carboxylic acids is 2. The maximum atomic E-state index is 12.7. The summed E-state index contributed by atoms with van der Waals surface area (Å²) in [5, 5.41) is 16.6. The van der Waals surface area contributed by atoms with Crippen molar-refractivity contribution in [3.8, 4) is 0 Å². The zero-order valence-electron chi connectivity index (χ0n) is 16.6. The zero-order chi connectivity index (χ0) is 20.7. The molecule has 0 saturated carbocycles. The molecule has 0 aliphatic heterocycles. The van der Waals surface area contributed by atoms with Gasteiger partial charge >= 0.3 is 5.97 Å². The largest absolute Gasteiger partial charge is 0.481 e. The van der Waals surface area contributed by atoms with Crippen molar-refractivity contribution < 1.29 is 19.5 Å². The van der Waals surface area contributed by atoms with Crippen molar-refractivity contribution in [2.75, 3.05) is 7.05 Å². The summed E-state index contributed by atoms with van der Waals surface area (Å²) >= 11 is 0. The SMILES string of the molecule is CNC(=O)[C@@H](Cc1ccc2ccccc2c1)NC(=O)[C@@H](CC(=O)O)CC(C)C. The lowest BCUT2D eigenvalue weighted by Gasteiger charge is -2.22. The van der Waals surface area contributed by atoms with E-state index in [0.29, 0.717) is 12.8 Å². The van der Waals surface area contributed by atoms with E-state index in [1.165, 1.54) is 7.05 Å². The van der Waals surface area contributed by atoms with Crippen LogP contribution >= 0.6 is 0 Å². The molecule has 6 heteroatoms. The molecule has 2 aromatic carbocycles. The standard InChI is InChI=1S/C22H28N2O4/c1-14(2)10-18(13-20(25)26)21(27)24-19(22(28)23-3)12-15-8-9-16-6-4-5-7-17(16)11-15/h4-9,11,14,18-19H,10,12-13H2,1-3H3,(H,23,28)(H,24,27)(H,25,26)/t18-,19-/m1/s1. The van der Waals surface area contributed by atoms with Crippen molar-refractivity contribution >= 4 is 28.6 Å². The Kier molecular flexibility index (Phi) is 7.55. The minimum absolute atomic E-state index is 0.175. The number of carbonyl (C=O) groups is 3. The second-order valence-corrected chi connectivity index (χ2v) is 7.49. The van der Waals surface area contributed by atoms with Crippen molar-refractivity contribution in [3.63, 3.8) is 0 Å². The molecule has 3 N–H and O–H groups in total. The maximum Gasteiger partial charge on any atom is 0.304 e. The van der Waals surface area contributed by atoms with Crippen LogP contribution in [0.15, 0.2) is 42.5 Å². The van der Waals surface area contributed by atoms with Crippen LogP contribution in [0.1, 0.15) is 32.3 Å². The number of benzene rings is 2. The summed E-state index contributed by atoms with van der Waals surface area (Å²) in [4.78, 5) is 36.2. The molecule has 2 atom stereocenters. The Balaban J connectivity index is 2.18. The molecule has 6 nitrogen and oxygen atoms in total. The number of aliphatic carboxylic acids is 1.